The van der Waals surface area contributed by atoms with E-state index in [4.69, 9.17) is 34.2 Å². The van der Waals surface area contributed by atoms with Crippen LogP contribution in [0.25, 0.3) is 0 Å². The Morgan fingerprint density at radius 3 is 2.17 bits per heavy atom. The molecule has 0 aromatic heterocycles. The predicted octanol–water partition coefficient (Wildman–Crippen LogP) is 2.71. The lowest BCUT2D eigenvalue weighted by Crippen LogP contribution is -2.61. The van der Waals surface area contributed by atoms with Gasteiger partial charge in [-0.1, -0.05) is 51.1 Å². The van der Waals surface area contributed by atoms with Gasteiger partial charge in [0.25, 0.3) is 0 Å². The first-order valence-electron chi connectivity index (χ1n) is 18.3. The molecule has 0 spiro atoms. The summed E-state index contributed by atoms with van der Waals surface area (Å²) < 4.78 is 32.9. The van der Waals surface area contributed by atoms with Crippen LogP contribution in [0.1, 0.15) is 61.9 Å². The molecule has 0 saturated carbocycles. The van der Waals surface area contributed by atoms with E-state index in [-0.39, 0.29) is 31.0 Å². The largest absolute Gasteiger partial charge is 0.491 e. The second kappa shape index (κ2) is 21.2. The van der Waals surface area contributed by atoms with E-state index < -0.39 is 23.4 Å². The Balaban J connectivity index is 1.37. The van der Waals surface area contributed by atoms with Gasteiger partial charge >= 0.3 is 0 Å². The first-order valence-corrected chi connectivity index (χ1v) is 18.3. The smallest absolute Gasteiger partial charge is 0.246 e. The molecular weight excluding hydrogens is 668 g/mol. The highest BCUT2D eigenvalue weighted by molar-refractivity contribution is 5.93. The Hall–Kier alpha value is -3.59. The van der Waals surface area contributed by atoms with Crippen molar-refractivity contribution in [3.8, 4) is 5.75 Å². The molecule has 4 rings (SSSR count). The molecule has 3 unspecified atom stereocenters. The van der Waals surface area contributed by atoms with Gasteiger partial charge in [-0.25, -0.2) is 0 Å². The van der Waals surface area contributed by atoms with E-state index in [1.165, 1.54) is 12.7 Å². The summed E-state index contributed by atoms with van der Waals surface area (Å²) in [6.45, 7) is 10.3. The molecule has 2 aromatic rings. The van der Waals surface area contributed by atoms with Crippen LogP contribution in [-0.2, 0) is 57.5 Å². The van der Waals surface area contributed by atoms with Crippen LogP contribution >= 0.6 is 0 Å². The van der Waals surface area contributed by atoms with E-state index in [1.54, 1.807) is 4.90 Å². The summed E-state index contributed by atoms with van der Waals surface area (Å²) in [5, 5.41) is 6.14. The fourth-order valence-corrected chi connectivity index (χ4v) is 6.50. The second-order valence-electron chi connectivity index (χ2n) is 14.2. The average Bonchev–Trinajstić information content (AvgIpc) is 3.13. The van der Waals surface area contributed by atoms with Crippen LogP contribution < -0.4 is 21.1 Å². The minimum absolute atomic E-state index is 0.133. The predicted molar refractivity (Wildman–Crippen MR) is 196 cm³/mol. The molecule has 1 heterocycles. The number of carbonyl (C=O) groups is 3. The highest BCUT2D eigenvalue weighted by Crippen LogP contribution is 2.33. The molecule has 52 heavy (non-hydrogen) atoms. The maximum Gasteiger partial charge on any atom is 0.246 e. The Labute approximate surface area is 308 Å². The summed E-state index contributed by atoms with van der Waals surface area (Å²) in [5.74, 6) is -0.289. The lowest BCUT2D eigenvalue weighted by Gasteiger charge is -2.41. The fourth-order valence-electron chi connectivity index (χ4n) is 6.50. The van der Waals surface area contributed by atoms with Gasteiger partial charge in [0, 0.05) is 26.6 Å². The van der Waals surface area contributed by atoms with Crippen LogP contribution in [-0.4, -0.2) is 114 Å². The molecule has 0 radical (unpaired) electrons. The number of ether oxygens (including phenoxy) is 6. The number of nitrogens with one attached hydrogen (secondary N) is 2. The second-order valence-corrected chi connectivity index (χ2v) is 14.2. The molecule has 13 heteroatoms. The van der Waals surface area contributed by atoms with E-state index in [1.807, 2.05) is 51.1 Å². The molecule has 0 saturated heterocycles. The molecular formula is C39H58N4O9. The third-order valence-electron chi connectivity index (χ3n) is 9.15. The van der Waals surface area contributed by atoms with Crippen LogP contribution in [0.15, 0.2) is 42.5 Å². The van der Waals surface area contributed by atoms with Gasteiger partial charge in [-0.15, -0.1) is 0 Å². The van der Waals surface area contributed by atoms with Gasteiger partial charge in [0.2, 0.25) is 17.7 Å². The third kappa shape index (κ3) is 12.5. The van der Waals surface area contributed by atoms with Crippen molar-refractivity contribution in [2.45, 2.75) is 71.1 Å². The van der Waals surface area contributed by atoms with Gasteiger partial charge in [0.1, 0.15) is 31.0 Å². The number of nitrogens with two attached hydrogens (primary N) is 1. The minimum atomic E-state index is -0.878. The van der Waals surface area contributed by atoms with Crippen molar-refractivity contribution in [1.29, 1.82) is 0 Å². The van der Waals surface area contributed by atoms with Crippen LogP contribution in [0.2, 0.25) is 0 Å². The molecule has 3 amide bonds. The number of aryl methyl sites for hydroxylation is 1. The topological polar surface area (TPSA) is 160 Å². The number of rotatable bonds is 21. The molecule has 0 bridgehead atoms. The van der Waals surface area contributed by atoms with Crippen molar-refractivity contribution in [3.63, 3.8) is 0 Å². The van der Waals surface area contributed by atoms with E-state index in [9.17, 15) is 14.4 Å². The molecule has 3 atom stereocenters. The number of hydrogen-bond acceptors (Lipinski definition) is 10. The van der Waals surface area contributed by atoms with Crippen molar-refractivity contribution in [3.05, 3.63) is 64.7 Å². The number of carbonyl (C=O) groups excluding carboxylic acids is 3. The number of hydrogen-bond donors (Lipinski definition) is 3. The molecule has 13 nitrogen and oxygen atoms in total. The number of nitrogens with zero attached hydrogens (tertiary/aromatic N) is 1. The zero-order valence-electron chi connectivity index (χ0n) is 31.3. The summed E-state index contributed by atoms with van der Waals surface area (Å²) in [4.78, 5) is 42.9. The van der Waals surface area contributed by atoms with E-state index >= 15 is 0 Å². The normalized spacial score (nSPS) is 17.5. The molecule has 4 N–H and O–H groups in total. The van der Waals surface area contributed by atoms with Gasteiger partial charge in [0.05, 0.1) is 58.9 Å². The highest BCUT2D eigenvalue weighted by atomic mass is 16.6. The van der Waals surface area contributed by atoms with E-state index in [0.717, 1.165) is 36.0 Å². The van der Waals surface area contributed by atoms with Crippen molar-refractivity contribution >= 4 is 17.7 Å². The molecule has 2 aliphatic rings. The number of methoxy groups -OCH3 is 1. The summed E-state index contributed by atoms with van der Waals surface area (Å²) in [6.07, 6.45) is 3.11. The number of amides is 3. The maximum atomic E-state index is 14.4. The van der Waals surface area contributed by atoms with E-state index in [0.29, 0.717) is 78.2 Å². The van der Waals surface area contributed by atoms with Gasteiger partial charge in [-0.3, -0.25) is 14.4 Å². The summed E-state index contributed by atoms with van der Waals surface area (Å²) in [7, 11) is 1.43. The third-order valence-corrected chi connectivity index (χ3v) is 9.15. The lowest BCUT2D eigenvalue weighted by molar-refractivity contribution is -0.147. The summed E-state index contributed by atoms with van der Waals surface area (Å²) >= 11 is 0. The summed E-state index contributed by atoms with van der Waals surface area (Å²) in [6, 6.07) is 12.2. The molecule has 0 fully saturated rings. The van der Waals surface area contributed by atoms with Crippen LogP contribution in [0.4, 0.5) is 0 Å². The first kappa shape index (κ1) is 41.2. The zero-order valence-corrected chi connectivity index (χ0v) is 31.3. The first-order chi connectivity index (χ1) is 25.1. The zero-order chi connectivity index (χ0) is 37.3. The standard InChI is InChI=1S/C39H58N4O9/c1-39(2,3)36(42-35(44)27-47-4)38(46)43-26-30-24-31(52-23-22-51-21-20-50-19-18-49-17-16-48-15-14-40)13-12-29(30)25-34(43)37(45)41-33-11-7-9-28-8-5-6-10-32(28)33/h5-6,8,10,12-13,24,33-34,36H,7,9,11,14-23,25-27,40H2,1-4H3,(H,41,45)(H,42,44). The van der Waals surface area contributed by atoms with Crippen molar-refractivity contribution in [1.82, 2.24) is 15.5 Å². The van der Waals surface area contributed by atoms with Crippen LogP contribution in [0.5, 0.6) is 5.75 Å². The maximum absolute atomic E-state index is 14.4. The van der Waals surface area contributed by atoms with Gasteiger partial charge in [-0.05, 0) is 59.1 Å². The van der Waals surface area contributed by atoms with Crippen molar-refractivity contribution in [2.24, 2.45) is 11.1 Å². The molecule has 288 valence electrons. The molecule has 1 aliphatic heterocycles. The number of fused-ring (bicyclic) bond motifs is 2. The molecule has 1 aliphatic carbocycles. The van der Waals surface area contributed by atoms with Gasteiger partial charge in [0.15, 0.2) is 0 Å². The van der Waals surface area contributed by atoms with Crippen LogP contribution in [0, 0.1) is 5.41 Å². The van der Waals surface area contributed by atoms with Crippen molar-refractivity contribution < 1.29 is 42.8 Å². The monoisotopic (exact) mass is 726 g/mol. The van der Waals surface area contributed by atoms with Gasteiger partial charge < -0.3 is 49.7 Å². The SMILES string of the molecule is COCC(=O)NC(C(=O)N1Cc2cc(OCCOCCOCCOCCOCCN)ccc2CC1C(=O)NC1CCCc2ccccc21)C(C)(C)C. The Bertz CT molecular complexity index is 1430. The quantitative estimate of drug-likeness (QED) is 0.163. The average molecular weight is 727 g/mol. The minimum Gasteiger partial charge on any atom is -0.491 e. The van der Waals surface area contributed by atoms with E-state index in [2.05, 4.69) is 22.8 Å². The highest BCUT2D eigenvalue weighted by Gasteiger charge is 2.42. The van der Waals surface area contributed by atoms with Gasteiger partial charge in [-0.2, -0.15) is 0 Å². The van der Waals surface area contributed by atoms with Crippen LogP contribution in [0.3, 0.4) is 0 Å². The Kier molecular flexibility index (Phi) is 16.8. The van der Waals surface area contributed by atoms with Crippen molar-refractivity contribution in [2.75, 3.05) is 79.7 Å². The Morgan fingerprint density at radius 1 is 0.865 bits per heavy atom. The molecule has 2 aromatic carbocycles. The lowest BCUT2D eigenvalue weighted by atomic mass is 9.84. The Morgan fingerprint density at radius 2 is 1.52 bits per heavy atom. The number of benzene rings is 2. The summed E-state index contributed by atoms with van der Waals surface area (Å²) in [5.41, 5.74) is 8.96. The fraction of sp³-hybridized carbons (Fsp3) is 0.615.